The first-order valence-corrected chi connectivity index (χ1v) is 8.53. The minimum Gasteiger partial charge on any atom is -0.454 e. The number of ether oxygens (including phenoxy) is 1. The number of carbonyl (C=O) groups excluding carboxylic acids is 3. The molecule has 0 saturated carbocycles. The van der Waals surface area contributed by atoms with E-state index in [1.54, 1.807) is 6.07 Å². The molecule has 2 aromatic rings. The maximum atomic E-state index is 11.7. The Morgan fingerprint density at radius 1 is 1.17 bits per heavy atom. The lowest BCUT2D eigenvalue weighted by atomic mass is 10.4. The highest BCUT2D eigenvalue weighted by Gasteiger charge is 2.12. The molecule has 0 atom stereocenters. The quantitative estimate of drug-likeness (QED) is 0.743. The zero-order chi connectivity index (χ0) is 16.7. The predicted octanol–water partition coefficient (Wildman–Crippen LogP) is 1.71. The summed E-state index contributed by atoms with van der Waals surface area (Å²) in [6.07, 6.45) is 0. The molecule has 0 bridgehead atoms. The zero-order valence-electron chi connectivity index (χ0n) is 12.5. The summed E-state index contributed by atoms with van der Waals surface area (Å²) in [5.74, 6) is -1.37. The van der Waals surface area contributed by atoms with Crippen molar-refractivity contribution in [1.29, 1.82) is 0 Å². The lowest BCUT2D eigenvalue weighted by molar-refractivity contribution is -0.147. The molecule has 0 aliphatic heterocycles. The highest BCUT2D eigenvalue weighted by Crippen LogP contribution is 2.14. The van der Waals surface area contributed by atoms with Gasteiger partial charge in [-0.3, -0.25) is 14.4 Å². The van der Waals surface area contributed by atoms with E-state index in [-0.39, 0.29) is 25.0 Å². The first-order valence-electron chi connectivity index (χ1n) is 6.84. The average Bonchev–Trinajstić information content (AvgIpc) is 3.19. The summed E-state index contributed by atoms with van der Waals surface area (Å²) in [5.41, 5.74) is 0. The van der Waals surface area contributed by atoms with E-state index < -0.39 is 5.97 Å². The Kier molecular flexibility index (Phi) is 6.30. The number of esters is 1. The third-order valence-corrected chi connectivity index (χ3v) is 4.64. The van der Waals surface area contributed by atoms with Crippen molar-refractivity contribution < 1.29 is 19.1 Å². The molecule has 0 fully saturated rings. The second-order valence-electron chi connectivity index (χ2n) is 4.61. The van der Waals surface area contributed by atoms with E-state index in [1.165, 1.54) is 22.7 Å². The summed E-state index contributed by atoms with van der Waals surface area (Å²) in [6, 6.07) is 7.32. The summed E-state index contributed by atoms with van der Waals surface area (Å²) >= 11 is 2.87. The van der Waals surface area contributed by atoms with E-state index in [9.17, 15) is 14.4 Å². The molecule has 0 spiro atoms. The molecule has 0 unspecified atom stereocenters. The number of nitrogens with one attached hydrogen (secondary N) is 2. The van der Waals surface area contributed by atoms with Crippen LogP contribution in [-0.4, -0.2) is 30.9 Å². The molecular weight excluding hydrogens is 336 g/mol. The Hall–Kier alpha value is -2.19. The van der Waals surface area contributed by atoms with Gasteiger partial charge in [-0.2, -0.15) is 0 Å². The molecule has 0 aromatic carbocycles. The fraction of sp³-hybridized carbons (Fsp3) is 0.267. The minimum atomic E-state index is -0.655. The van der Waals surface area contributed by atoms with Gasteiger partial charge < -0.3 is 15.4 Å². The molecular formula is C15H16N2O4S2. The van der Waals surface area contributed by atoms with Crippen molar-refractivity contribution in [2.45, 2.75) is 13.5 Å². The summed E-state index contributed by atoms with van der Waals surface area (Å²) < 4.78 is 4.81. The van der Waals surface area contributed by atoms with Crippen molar-refractivity contribution in [1.82, 2.24) is 10.6 Å². The van der Waals surface area contributed by atoms with Gasteiger partial charge in [0.2, 0.25) is 0 Å². The maximum absolute atomic E-state index is 11.7. The number of rotatable bonds is 7. The van der Waals surface area contributed by atoms with E-state index in [0.29, 0.717) is 11.4 Å². The first-order chi connectivity index (χ1) is 11.0. The number of hydrogen-bond acceptors (Lipinski definition) is 6. The van der Waals surface area contributed by atoms with Gasteiger partial charge in [-0.05, 0) is 30.5 Å². The van der Waals surface area contributed by atoms with E-state index in [1.807, 2.05) is 30.5 Å². The molecule has 23 heavy (non-hydrogen) atoms. The van der Waals surface area contributed by atoms with Gasteiger partial charge in [0.05, 0.1) is 11.4 Å². The monoisotopic (exact) mass is 352 g/mol. The molecule has 2 N–H and O–H groups in total. The standard InChI is InChI=1S/C15H16N2O4S2/c1-10-4-5-12(23-10)15(20)17-8-14(19)21-9-13(18)16-7-11-3-2-6-22-11/h2-6H,7-9H2,1H3,(H,16,18)(H,17,20). The molecule has 0 aliphatic carbocycles. The fourth-order valence-electron chi connectivity index (χ4n) is 1.64. The van der Waals surface area contributed by atoms with Crippen molar-refractivity contribution in [2.24, 2.45) is 0 Å². The van der Waals surface area contributed by atoms with Crippen LogP contribution in [0.1, 0.15) is 19.4 Å². The van der Waals surface area contributed by atoms with Crippen LogP contribution in [0.3, 0.4) is 0 Å². The van der Waals surface area contributed by atoms with E-state index in [4.69, 9.17) is 4.74 Å². The van der Waals surface area contributed by atoms with Crippen LogP contribution in [0.4, 0.5) is 0 Å². The summed E-state index contributed by atoms with van der Waals surface area (Å²) in [7, 11) is 0. The number of aryl methyl sites for hydroxylation is 1. The van der Waals surface area contributed by atoms with Gasteiger partial charge >= 0.3 is 5.97 Å². The topological polar surface area (TPSA) is 84.5 Å². The molecule has 0 saturated heterocycles. The Morgan fingerprint density at radius 3 is 2.65 bits per heavy atom. The Bertz CT molecular complexity index is 679. The zero-order valence-corrected chi connectivity index (χ0v) is 14.1. The lowest BCUT2D eigenvalue weighted by Gasteiger charge is -2.06. The maximum Gasteiger partial charge on any atom is 0.325 e. The van der Waals surface area contributed by atoms with Crippen molar-refractivity contribution in [3.63, 3.8) is 0 Å². The van der Waals surface area contributed by atoms with E-state index >= 15 is 0 Å². The normalized spacial score (nSPS) is 10.1. The fourth-order valence-corrected chi connectivity index (χ4v) is 3.07. The van der Waals surface area contributed by atoms with Crippen LogP contribution in [-0.2, 0) is 20.9 Å². The third kappa shape index (κ3) is 5.84. The largest absolute Gasteiger partial charge is 0.454 e. The van der Waals surface area contributed by atoms with Gasteiger partial charge in [-0.25, -0.2) is 0 Å². The van der Waals surface area contributed by atoms with Crippen LogP contribution in [0.5, 0.6) is 0 Å². The summed E-state index contributed by atoms with van der Waals surface area (Å²) in [5, 5.41) is 7.02. The van der Waals surface area contributed by atoms with Crippen molar-refractivity contribution >= 4 is 40.5 Å². The van der Waals surface area contributed by atoms with Crippen molar-refractivity contribution in [3.8, 4) is 0 Å². The second-order valence-corrected chi connectivity index (χ2v) is 6.93. The average molecular weight is 352 g/mol. The van der Waals surface area contributed by atoms with Gasteiger partial charge in [0, 0.05) is 9.75 Å². The van der Waals surface area contributed by atoms with Crippen LogP contribution < -0.4 is 10.6 Å². The summed E-state index contributed by atoms with van der Waals surface area (Å²) in [4.78, 5) is 37.4. The van der Waals surface area contributed by atoms with Crippen LogP contribution in [0.25, 0.3) is 0 Å². The molecule has 6 nitrogen and oxygen atoms in total. The molecule has 0 radical (unpaired) electrons. The predicted molar refractivity (Wildman–Crippen MR) is 88.5 cm³/mol. The van der Waals surface area contributed by atoms with Crippen LogP contribution in [0.15, 0.2) is 29.6 Å². The summed E-state index contributed by atoms with van der Waals surface area (Å²) in [6.45, 7) is 1.67. The van der Waals surface area contributed by atoms with E-state index in [0.717, 1.165) is 9.75 Å². The van der Waals surface area contributed by atoms with E-state index in [2.05, 4.69) is 10.6 Å². The Labute approximate surface area is 141 Å². The second kappa shape index (κ2) is 8.44. The van der Waals surface area contributed by atoms with Crippen molar-refractivity contribution in [3.05, 3.63) is 44.3 Å². The molecule has 2 rings (SSSR count). The molecule has 122 valence electrons. The minimum absolute atomic E-state index is 0.270. The van der Waals surface area contributed by atoms with Gasteiger partial charge in [0.15, 0.2) is 6.61 Å². The number of amides is 2. The van der Waals surface area contributed by atoms with Gasteiger partial charge in [0.25, 0.3) is 11.8 Å². The highest BCUT2D eigenvalue weighted by molar-refractivity contribution is 7.13. The number of carbonyl (C=O) groups is 3. The molecule has 2 aromatic heterocycles. The van der Waals surface area contributed by atoms with Gasteiger partial charge in [-0.15, -0.1) is 22.7 Å². The third-order valence-electron chi connectivity index (χ3n) is 2.76. The molecule has 8 heteroatoms. The molecule has 2 heterocycles. The van der Waals surface area contributed by atoms with Gasteiger partial charge in [0.1, 0.15) is 6.54 Å². The lowest BCUT2D eigenvalue weighted by Crippen LogP contribution is -2.33. The van der Waals surface area contributed by atoms with Crippen molar-refractivity contribution in [2.75, 3.05) is 13.2 Å². The van der Waals surface area contributed by atoms with Gasteiger partial charge in [-0.1, -0.05) is 6.07 Å². The Balaban J connectivity index is 1.62. The van der Waals surface area contributed by atoms with Crippen LogP contribution >= 0.6 is 22.7 Å². The number of thiophene rings is 2. The molecule has 0 aliphatic rings. The smallest absolute Gasteiger partial charge is 0.325 e. The van der Waals surface area contributed by atoms with Crippen LogP contribution in [0.2, 0.25) is 0 Å². The molecule has 2 amide bonds. The Morgan fingerprint density at radius 2 is 2.00 bits per heavy atom. The van der Waals surface area contributed by atoms with Crippen LogP contribution in [0, 0.1) is 6.92 Å². The highest BCUT2D eigenvalue weighted by atomic mass is 32.1. The SMILES string of the molecule is Cc1ccc(C(=O)NCC(=O)OCC(=O)NCc2cccs2)s1. The first kappa shape index (κ1) is 17.2. The number of hydrogen-bond donors (Lipinski definition) is 2.